The van der Waals surface area contributed by atoms with E-state index in [1.54, 1.807) is 7.11 Å². The molecule has 1 unspecified atom stereocenters. The van der Waals surface area contributed by atoms with E-state index in [9.17, 15) is 9.59 Å². The summed E-state index contributed by atoms with van der Waals surface area (Å²) in [6, 6.07) is -0.909. The molecule has 106 valence electrons. The molecule has 0 aliphatic heterocycles. The Hall–Kier alpha value is -1.14. The smallest absolute Gasteiger partial charge is 0.326 e. The summed E-state index contributed by atoms with van der Waals surface area (Å²) in [5.41, 5.74) is 4.92. The summed E-state index contributed by atoms with van der Waals surface area (Å²) in [6.07, 6.45) is 1.85. The van der Waals surface area contributed by atoms with Crippen molar-refractivity contribution >= 4 is 11.9 Å². The van der Waals surface area contributed by atoms with E-state index in [-0.39, 0.29) is 0 Å². The predicted octanol–water partition coefficient (Wildman–Crippen LogP) is 0.500. The van der Waals surface area contributed by atoms with Gasteiger partial charge >= 0.3 is 5.97 Å². The lowest BCUT2D eigenvalue weighted by atomic mass is 9.92. The monoisotopic (exact) mass is 260 g/mol. The first kappa shape index (κ1) is 16.9. The highest BCUT2D eigenvalue weighted by Crippen LogP contribution is 2.12. The molecular weight excluding hydrogens is 236 g/mol. The topological polar surface area (TPSA) is 102 Å². The minimum Gasteiger partial charge on any atom is -0.480 e. The minimum absolute atomic E-state index is 0.332. The first-order chi connectivity index (χ1) is 8.41. The molecule has 0 aromatic rings. The number of nitrogens with one attached hydrogen (secondary N) is 1. The van der Waals surface area contributed by atoms with Gasteiger partial charge in [-0.2, -0.15) is 0 Å². The van der Waals surface area contributed by atoms with Crippen LogP contribution in [0, 0.1) is 0 Å². The number of amides is 1. The van der Waals surface area contributed by atoms with Crippen LogP contribution in [0.15, 0.2) is 0 Å². The molecule has 4 N–H and O–H groups in total. The summed E-state index contributed by atoms with van der Waals surface area (Å²) in [5.74, 6) is -1.45. The number of nitrogens with two attached hydrogens (primary N) is 1. The normalized spacial score (nSPS) is 13.1. The lowest BCUT2D eigenvalue weighted by Crippen LogP contribution is -2.56. The second-order valence-electron chi connectivity index (χ2n) is 4.36. The van der Waals surface area contributed by atoms with E-state index in [4.69, 9.17) is 15.6 Å². The highest BCUT2D eigenvalue weighted by molar-refractivity contribution is 5.89. The summed E-state index contributed by atoms with van der Waals surface area (Å²) in [7, 11) is 1.55. The zero-order valence-electron chi connectivity index (χ0n) is 11.4. The van der Waals surface area contributed by atoms with Gasteiger partial charge in [-0.05, 0) is 25.7 Å². The predicted molar refractivity (Wildman–Crippen MR) is 68.2 cm³/mol. The maximum Gasteiger partial charge on any atom is 0.326 e. The lowest BCUT2D eigenvalue weighted by molar-refractivity contribution is -0.143. The van der Waals surface area contributed by atoms with E-state index in [0.29, 0.717) is 32.3 Å². The van der Waals surface area contributed by atoms with Crippen molar-refractivity contribution in [2.24, 2.45) is 5.73 Å². The van der Waals surface area contributed by atoms with Crippen molar-refractivity contribution in [2.45, 2.75) is 51.1 Å². The molecule has 0 saturated carbocycles. The quantitative estimate of drug-likeness (QED) is 0.524. The number of methoxy groups -OCH3 is 1. The van der Waals surface area contributed by atoms with Crippen molar-refractivity contribution in [2.75, 3.05) is 13.7 Å². The Bertz CT molecular complexity index is 277. The maximum absolute atomic E-state index is 11.9. The Kier molecular flexibility index (Phi) is 7.54. The molecule has 0 radical (unpaired) electrons. The standard InChI is InChI=1S/C12H24N2O4/c1-4-12(13,5-2)11(17)14-9(10(15)16)7-6-8-18-3/h9H,4-8,13H2,1-3H3,(H,14,17)(H,15,16). The van der Waals surface area contributed by atoms with Crippen LogP contribution in [0.2, 0.25) is 0 Å². The highest BCUT2D eigenvalue weighted by atomic mass is 16.5. The minimum atomic E-state index is -1.05. The highest BCUT2D eigenvalue weighted by Gasteiger charge is 2.32. The van der Waals surface area contributed by atoms with Gasteiger partial charge in [0.15, 0.2) is 0 Å². The Balaban J connectivity index is 4.49. The van der Waals surface area contributed by atoms with Gasteiger partial charge in [-0.15, -0.1) is 0 Å². The molecule has 0 saturated heterocycles. The molecule has 0 aliphatic rings. The van der Waals surface area contributed by atoms with Gasteiger partial charge in [0.2, 0.25) is 5.91 Å². The zero-order chi connectivity index (χ0) is 14.2. The third-order valence-electron chi connectivity index (χ3n) is 3.16. The van der Waals surface area contributed by atoms with Gasteiger partial charge in [-0.25, -0.2) is 4.79 Å². The van der Waals surface area contributed by atoms with Crippen molar-refractivity contribution in [1.82, 2.24) is 5.32 Å². The van der Waals surface area contributed by atoms with Crippen molar-refractivity contribution < 1.29 is 19.4 Å². The van der Waals surface area contributed by atoms with Gasteiger partial charge in [0.05, 0.1) is 5.54 Å². The average Bonchev–Trinajstić information content (AvgIpc) is 2.36. The van der Waals surface area contributed by atoms with E-state index in [1.807, 2.05) is 13.8 Å². The second kappa shape index (κ2) is 8.05. The molecule has 0 heterocycles. The molecule has 0 fully saturated rings. The molecule has 6 heteroatoms. The number of rotatable bonds is 9. The average molecular weight is 260 g/mol. The Morgan fingerprint density at radius 3 is 2.33 bits per heavy atom. The van der Waals surface area contributed by atoms with E-state index >= 15 is 0 Å². The number of carboxylic acids is 1. The van der Waals surface area contributed by atoms with Crippen molar-refractivity contribution in [1.29, 1.82) is 0 Å². The summed E-state index contributed by atoms with van der Waals surface area (Å²) in [6.45, 7) is 4.09. The Labute approximate surface area is 108 Å². The van der Waals surface area contributed by atoms with Gasteiger partial charge in [0.25, 0.3) is 0 Å². The van der Waals surface area contributed by atoms with E-state index in [0.717, 1.165) is 0 Å². The van der Waals surface area contributed by atoms with Crippen molar-refractivity contribution in [3.05, 3.63) is 0 Å². The third kappa shape index (κ3) is 5.01. The molecule has 18 heavy (non-hydrogen) atoms. The van der Waals surface area contributed by atoms with Gasteiger partial charge in [-0.1, -0.05) is 13.8 Å². The van der Waals surface area contributed by atoms with Crippen LogP contribution in [-0.4, -0.2) is 42.3 Å². The number of ether oxygens (including phenoxy) is 1. The number of hydrogen-bond donors (Lipinski definition) is 3. The Morgan fingerprint density at radius 2 is 1.94 bits per heavy atom. The fourth-order valence-electron chi connectivity index (χ4n) is 1.56. The summed E-state index contributed by atoms with van der Waals surface area (Å²) in [5, 5.41) is 11.5. The zero-order valence-corrected chi connectivity index (χ0v) is 11.4. The van der Waals surface area contributed by atoms with E-state index in [2.05, 4.69) is 5.32 Å². The largest absolute Gasteiger partial charge is 0.480 e. The molecule has 0 aliphatic carbocycles. The number of carboxylic acid groups (broad SMARTS) is 1. The van der Waals surface area contributed by atoms with Crippen LogP contribution in [0.4, 0.5) is 0 Å². The summed E-state index contributed by atoms with van der Waals surface area (Å²) in [4.78, 5) is 23.0. The summed E-state index contributed by atoms with van der Waals surface area (Å²) >= 11 is 0. The SMILES string of the molecule is CCC(N)(CC)C(=O)NC(CCCOC)C(=O)O. The van der Waals surface area contributed by atoms with Crippen LogP contribution in [0.1, 0.15) is 39.5 Å². The molecular formula is C12H24N2O4. The first-order valence-electron chi connectivity index (χ1n) is 6.22. The third-order valence-corrected chi connectivity index (χ3v) is 3.16. The van der Waals surface area contributed by atoms with Gasteiger partial charge in [0, 0.05) is 13.7 Å². The fourth-order valence-corrected chi connectivity index (χ4v) is 1.56. The molecule has 0 rings (SSSR count). The number of hydrogen-bond acceptors (Lipinski definition) is 4. The second-order valence-corrected chi connectivity index (χ2v) is 4.36. The molecule has 0 aromatic heterocycles. The van der Waals surface area contributed by atoms with Gasteiger partial charge in [-0.3, -0.25) is 4.79 Å². The fraction of sp³-hybridized carbons (Fsp3) is 0.833. The van der Waals surface area contributed by atoms with Crippen LogP contribution in [0.25, 0.3) is 0 Å². The molecule has 0 aromatic carbocycles. The van der Waals surface area contributed by atoms with E-state index in [1.165, 1.54) is 0 Å². The molecule has 0 spiro atoms. The number of carbonyl (C=O) groups excluding carboxylic acids is 1. The summed E-state index contributed by atoms with van der Waals surface area (Å²) < 4.78 is 4.86. The van der Waals surface area contributed by atoms with Crippen LogP contribution in [0.3, 0.4) is 0 Å². The molecule has 6 nitrogen and oxygen atoms in total. The number of aliphatic carboxylic acids is 1. The number of carbonyl (C=O) groups is 2. The van der Waals surface area contributed by atoms with Gasteiger partial charge in [0.1, 0.15) is 6.04 Å². The lowest BCUT2D eigenvalue weighted by Gasteiger charge is -2.27. The van der Waals surface area contributed by atoms with Crippen LogP contribution >= 0.6 is 0 Å². The first-order valence-corrected chi connectivity index (χ1v) is 6.22. The maximum atomic E-state index is 11.9. The molecule has 0 bridgehead atoms. The van der Waals surface area contributed by atoms with Crippen LogP contribution in [-0.2, 0) is 14.3 Å². The molecule has 1 atom stereocenters. The molecule has 1 amide bonds. The van der Waals surface area contributed by atoms with E-state index < -0.39 is 23.5 Å². The van der Waals surface area contributed by atoms with Crippen molar-refractivity contribution in [3.8, 4) is 0 Å². The van der Waals surface area contributed by atoms with Crippen LogP contribution < -0.4 is 11.1 Å². The van der Waals surface area contributed by atoms with Gasteiger partial charge < -0.3 is 20.9 Å². The van der Waals surface area contributed by atoms with Crippen molar-refractivity contribution in [3.63, 3.8) is 0 Å². The van der Waals surface area contributed by atoms with Crippen LogP contribution in [0.5, 0.6) is 0 Å². The Morgan fingerprint density at radius 1 is 1.39 bits per heavy atom.